The van der Waals surface area contributed by atoms with Gasteiger partial charge in [0, 0.05) is 18.1 Å². The highest BCUT2D eigenvalue weighted by molar-refractivity contribution is 6.03. The summed E-state index contributed by atoms with van der Waals surface area (Å²) in [6.45, 7) is 2.26. The van der Waals surface area contributed by atoms with E-state index in [9.17, 15) is 9.90 Å². The first-order chi connectivity index (χ1) is 13.1. The van der Waals surface area contributed by atoms with Crippen molar-refractivity contribution in [3.63, 3.8) is 0 Å². The molecule has 0 radical (unpaired) electrons. The molecule has 136 valence electrons. The highest BCUT2D eigenvalue weighted by Gasteiger charge is 2.13. The van der Waals surface area contributed by atoms with Crippen LogP contribution in [-0.4, -0.2) is 35.2 Å². The molecule has 0 saturated heterocycles. The monoisotopic (exact) mass is 362 g/mol. The predicted octanol–water partition coefficient (Wildman–Crippen LogP) is 2.22. The molecular formula is C19H18N6O2. The van der Waals surface area contributed by atoms with Gasteiger partial charge >= 0.3 is 0 Å². The van der Waals surface area contributed by atoms with Crippen molar-refractivity contribution < 1.29 is 9.90 Å². The molecule has 0 unspecified atom stereocenters. The SMILES string of the molecule is Cc1cccn2cc(C(=O)Nc3ccc([C@H](O)Cn4cncn4)cc3)nc12. The number of nitrogens with one attached hydrogen (secondary N) is 1. The largest absolute Gasteiger partial charge is 0.386 e. The van der Waals surface area contributed by atoms with Gasteiger partial charge in [0.15, 0.2) is 0 Å². The number of amides is 1. The smallest absolute Gasteiger partial charge is 0.275 e. The summed E-state index contributed by atoms with van der Waals surface area (Å²) in [5.74, 6) is -0.283. The van der Waals surface area contributed by atoms with E-state index in [2.05, 4.69) is 20.4 Å². The van der Waals surface area contributed by atoms with E-state index in [-0.39, 0.29) is 5.91 Å². The minimum Gasteiger partial charge on any atom is -0.386 e. The second kappa shape index (κ2) is 7.00. The van der Waals surface area contributed by atoms with Crippen LogP contribution in [0.1, 0.15) is 27.7 Å². The molecular weight excluding hydrogens is 344 g/mol. The maximum Gasteiger partial charge on any atom is 0.275 e. The van der Waals surface area contributed by atoms with E-state index in [1.165, 1.54) is 6.33 Å². The van der Waals surface area contributed by atoms with Crippen LogP contribution in [0.5, 0.6) is 0 Å². The molecule has 1 atom stereocenters. The number of aromatic nitrogens is 5. The number of aliphatic hydroxyl groups excluding tert-OH is 1. The van der Waals surface area contributed by atoms with Crippen molar-refractivity contribution in [3.8, 4) is 0 Å². The second-order valence-electron chi connectivity index (χ2n) is 6.26. The van der Waals surface area contributed by atoms with E-state index in [1.807, 2.05) is 29.7 Å². The van der Waals surface area contributed by atoms with Crippen LogP contribution in [0.15, 0.2) is 61.4 Å². The third-order valence-corrected chi connectivity index (χ3v) is 4.29. The lowest BCUT2D eigenvalue weighted by Gasteiger charge is -2.11. The van der Waals surface area contributed by atoms with Crippen LogP contribution in [0, 0.1) is 6.92 Å². The van der Waals surface area contributed by atoms with Gasteiger partial charge in [-0.2, -0.15) is 5.10 Å². The average molecular weight is 362 g/mol. The topological polar surface area (TPSA) is 97.3 Å². The lowest BCUT2D eigenvalue weighted by Crippen LogP contribution is -2.13. The van der Waals surface area contributed by atoms with Gasteiger partial charge in [0.05, 0.1) is 12.6 Å². The summed E-state index contributed by atoms with van der Waals surface area (Å²) in [7, 11) is 0. The molecule has 1 aromatic carbocycles. The summed E-state index contributed by atoms with van der Waals surface area (Å²) in [6.07, 6.45) is 5.82. The van der Waals surface area contributed by atoms with Crippen LogP contribution in [0.25, 0.3) is 5.65 Å². The Morgan fingerprint density at radius 3 is 2.78 bits per heavy atom. The van der Waals surface area contributed by atoms with Crippen LogP contribution in [0.2, 0.25) is 0 Å². The third-order valence-electron chi connectivity index (χ3n) is 4.29. The van der Waals surface area contributed by atoms with Crippen molar-refractivity contribution in [3.05, 3.63) is 78.3 Å². The fourth-order valence-corrected chi connectivity index (χ4v) is 2.86. The van der Waals surface area contributed by atoms with Gasteiger partial charge in [-0.3, -0.25) is 9.48 Å². The molecule has 1 amide bonds. The fraction of sp³-hybridized carbons (Fsp3) is 0.158. The fourth-order valence-electron chi connectivity index (χ4n) is 2.86. The lowest BCUT2D eigenvalue weighted by molar-refractivity contribution is 0.102. The standard InChI is InChI=1S/C19H18N6O2/c1-13-3-2-8-24-9-16(23-18(13)24)19(27)22-15-6-4-14(5-7-15)17(26)10-25-12-20-11-21-25/h2-9,11-12,17,26H,10H2,1H3,(H,22,27)/t17-/m1/s1. The maximum atomic E-state index is 12.5. The Balaban J connectivity index is 1.45. The zero-order valence-corrected chi connectivity index (χ0v) is 14.6. The van der Waals surface area contributed by atoms with Gasteiger partial charge in [0.1, 0.15) is 24.0 Å². The molecule has 4 aromatic rings. The Kier molecular flexibility index (Phi) is 4.39. The number of anilines is 1. The van der Waals surface area contributed by atoms with E-state index < -0.39 is 6.10 Å². The number of fused-ring (bicyclic) bond motifs is 1. The molecule has 0 bridgehead atoms. The number of benzene rings is 1. The number of aliphatic hydroxyl groups is 1. The summed E-state index contributed by atoms with van der Waals surface area (Å²) in [6, 6.07) is 10.9. The van der Waals surface area contributed by atoms with Crippen LogP contribution in [0.4, 0.5) is 5.69 Å². The van der Waals surface area contributed by atoms with Crippen LogP contribution in [0.3, 0.4) is 0 Å². The Bertz CT molecular complexity index is 1070. The first kappa shape index (κ1) is 16.9. The van der Waals surface area contributed by atoms with E-state index in [0.29, 0.717) is 17.9 Å². The van der Waals surface area contributed by atoms with Crippen LogP contribution in [-0.2, 0) is 6.54 Å². The Morgan fingerprint density at radius 1 is 1.26 bits per heavy atom. The molecule has 8 heteroatoms. The molecule has 0 fully saturated rings. The zero-order chi connectivity index (χ0) is 18.8. The zero-order valence-electron chi connectivity index (χ0n) is 14.6. The number of imidazole rings is 1. The molecule has 0 aliphatic carbocycles. The molecule has 0 saturated carbocycles. The van der Waals surface area contributed by atoms with Gasteiger partial charge in [-0.1, -0.05) is 18.2 Å². The maximum absolute atomic E-state index is 12.5. The summed E-state index contributed by atoms with van der Waals surface area (Å²) >= 11 is 0. The number of carbonyl (C=O) groups excluding carboxylic acids is 1. The van der Waals surface area contributed by atoms with Crippen LogP contribution < -0.4 is 5.32 Å². The Hall–Kier alpha value is -3.52. The second-order valence-corrected chi connectivity index (χ2v) is 6.26. The van der Waals surface area contributed by atoms with E-state index in [4.69, 9.17) is 0 Å². The number of rotatable bonds is 5. The van der Waals surface area contributed by atoms with E-state index in [1.54, 1.807) is 41.5 Å². The van der Waals surface area contributed by atoms with Crippen LogP contribution >= 0.6 is 0 Å². The molecule has 27 heavy (non-hydrogen) atoms. The highest BCUT2D eigenvalue weighted by Crippen LogP contribution is 2.18. The Labute approximate surface area is 155 Å². The predicted molar refractivity (Wildman–Crippen MR) is 99.3 cm³/mol. The molecule has 0 aliphatic rings. The van der Waals surface area contributed by atoms with Crippen molar-refractivity contribution in [2.45, 2.75) is 19.6 Å². The number of hydrogen-bond acceptors (Lipinski definition) is 5. The minimum absolute atomic E-state index is 0.283. The molecule has 8 nitrogen and oxygen atoms in total. The number of hydrogen-bond donors (Lipinski definition) is 2. The number of aryl methyl sites for hydroxylation is 1. The van der Waals surface area contributed by atoms with Gasteiger partial charge in [0.25, 0.3) is 5.91 Å². The van der Waals surface area contributed by atoms with Crippen molar-refractivity contribution >= 4 is 17.2 Å². The third kappa shape index (κ3) is 3.56. The molecule has 0 spiro atoms. The summed E-state index contributed by atoms with van der Waals surface area (Å²) in [5.41, 5.74) is 3.47. The minimum atomic E-state index is -0.710. The van der Waals surface area contributed by atoms with E-state index in [0.717, 1.165) is 16.8 Å². The average Bonchev–Trinajstić information content (AvgIpc) is 3.32. The number of nitrogens with zero attached hydrogens (tertiary/aromatic N) is 5. The first-order valence-electron chi connectivity index (χ1n) is 8.46. The van der Waals surface area contributed by atoms with Crippen molar-refractivity contribution in [2.24, 2.45) is 0 Å². The molecule has 2 N–H and O–H groups in total. The van der Waals surface area contributed by atoms with Gasteiger partial charge in [-0.25, -0.2) is 9.97 Å². The molecule has 0 aliphatic heterocycles. The van der Waals surface area contributed by atoms with Gasteiger partial charge in [-0.05, 0) is 36.2 Å². The molecule has 3 heterocycles. The summed E-state index contributed by atoms with van der Waals surface area (Å²) in [4.78, 5) is 20.7. The Morgan fingerprint density at radius 2 is 2.07 bits per heavy atom. The number of pyridine rings is 1. The van der Waals surface area contributed by atoms with Crippen molar-refractivity contribution in [1.29, 1.82) is 0 Å². The first-order valence-corrected chi connectivity index (χ1v) is 8.46. The van der Waals surface area contributed by atoms with Gasteiger partial charge in [0.2, 0.25) is 0 Å². The van der Waals surface area contributed by atoms with Gasteiger partial charge < -0.3 is 14.8 Å². The van der Waals surface area contributed by atoms with Crippen molar-refractivity contribution in [2.75, 3.05) is 5.32 Å². The molecule has 4 rings (SSSR count). The number of carbonyl (C=O) groups is 1. The summed E-state index contributed by atoms with van der Waals surface area (Å²) in [5, 5.41) is 17.1. The normalized spacial score (nSPS) is 12.2. The highest BCUT2D eigenvalue weighted by atomic mass is 16.3. The molecule has 3 aromatic heterocycles. The summed E-state index contributed by atoms with van der Waals surface area (Å²) < 4.78 is 3.39. The van der Waals surface area contributed by atoms with Crippen molar-refractivity contribution in [1.82, 2.24) is 24.1 Å². The quantitative estimate of drug-likeness (QED) is 0.567. The van der Waals surface area contributed by atoms with Gasteiger partial charge in [-0.15, -0.1) is 0 Å². The van der Waals surface area contributed by atoms with E-state index >= 15 is 0 Å². The lowest BCUT2D eigenvalue weighted by atomic mass is 10.1.